The van der Waals surface area contributed by atoms with Crippen molar-refractivity contribution in [3.63, 3.8) is 0 Å². The summed E-state index contributed by atoms with van der Waals surface area (Å²) in [5.41, 5.74) is 2.71. The number of hydrogen-bond donors (Lipinski definition) is 0. The molecule has 0 aromatic heterocycles. The number of carbonyl (C=O) groups excluding carboxylic acids is 1. The van der Waals surface area contributed by atoms with Gasteiger partial charge in [0.1, 0.15) is 0 Å². The number of sulfonamides is 1. The van der Waals surface area contributed by atoms with Crippen molar-refractivity contribution in [1.82, 2.24) is 9.21 Å². The zero-order valence-electron chi connectivity index (χ0n) is 21.5. The summed E-state index contributed by atoms with van der Waals surface area (Å²) in [6.07, 6.45) is 0. The Labute approximate surface area is 223 Å². The lowest BCUT2D eigenvalue weighted by Crippen LogP contribution is -2.50. The van der Waals surface area contributed by atoms with Crippen LogP contribution >= 0.6 is 15.9 Å². The minimum absolute atomic E-state index is 0.0481. The van der Waals surface area contributed by atoms with Gasteiger partial charge in [-0.2, -0.15) is 4.31 Å². The van der Waals surface area contributed by atoms with E-state index in [0.29, 0.717) is 30.7 Å². The van der Waals surface area contributed by atoms with E-state index in [1.54, 1.807) is 17.0 Å². The Balaban J connectivity index is 1.47. The average molecular weight is 573 g/mol. The lowest BCUT2D eigenvalue weighted by atomic mass is 10.0. The highest BCUT2D eigenvalue weighted by molar-refractivity contribution is 9.10. The molecule has 0 aliphatic carbocycles. The number of fused-ring (bicyclic) bond motifs is 1. The Morgan fingerprint density at radius 3 is 2.08 bits per heavy atom. The van der Waals surface area contributed by atoms with Crippen LogP contribution in [0.15, 0.2) is 64.0 Å². The van der Waals surface area contributed by atoms with E-state index in [9.17, 15) is 13.2 Å². The van der Waals surface area contributed by atoms with Gasteiger partial charge in [0, 0.05) is 54.0 Å². The number of carbonyl (C=O) groups is 1. The predicted octanol–water partition coefficient (Wildman–Crippen LogP) is 5.68. The van der Waals surface area contributed by atoms with Crippen LogP contribution in [0.2, 0.25) is 0 Å². The highest BCUT2D eigenvalue weighted by Gasteiger charge is 2.31. The van der Waals surface area contributed by atoms with E-state index in [1.807, 2.05) is 43.3 Å². The summed E-state index contributed by atoms with van der Waals surface area (Å²) in [6, 6.07) is 17.7. The van der Waals surface area contributed by atoms with Gasteiger partial charge < -0.3 is 9.80 Å². The molecule has 0 spiro atoms. The van der Waals surface area contributed by atoms with Crippen LogP contribution in [0.1, 0.15) is 43.6 Å². The molecule has 0 atom stereocenters. The van der Waals surface area contributed by atoms with Gasteiger partial charge in [-0.3, -0.25) is 4.79 Å². The first-order valence-electron chi connectivity index (χ1n) is 12.4. The summed E-state index contributed by atoms with van der Waals surface area (Å²) < 4.78 is 29.1. The molecule has 1 saturated heterocycles. The smallest absolute Gasteiger partial charge is 0.254 e. The van der Waals surface area contributed by atoms with Gasteiger partial charge in [-0.1, -0.05) is 28.1 Å². The topological polar surface area (TPSA) is 60.9 Å². The van der Waals surface area contributed by atoms with Crippen molar-refractivity contribution >= 4 is 48.3 Å². The number of halogens is 1. The predicted molar refractivity (Wildman–Crippen MR) is 150 cm³/mol. The van der Waals surface area contributed by atoms with Crippen molar-refractivity contribution in [3.8, 4) is 0 Å². The molecule has 1 fully saturated rings. The third-order valence-electron chi connectivity index (χ3n) is 6.79. The van der Waals surface area contributed by atoms with Gasteiger partial charge in [-0.15, -0.1) is 0 Å². The molecular formula is C28H34BrN3O3S. The Morgan fingerprint density at radius 1 is 0.861 bits per heavy atom. The maximum Gasteiger partial charge on any atom is 0.254 e. The molecule has 36 heavy (non-hydrogen) atoms. The number of piperazine rings is 1. The molecule has 0 radical (unpaired) electrons. The van der Waals surface area contributed by atoms with Crippen molar-refractivity contribution in [3.05, 3.63) is 70.2 Å². The summed E-state index contributed by atoms with van der Waals surface area (Å²) in [5, 5.41) is 1.85. The van der Waals surface area contributed by atoms with Crippen LogP contribution < -0.4 is 4.90 Å². The minimum Gasteiger partial charge on any atom is -0.367 e. The summed E-state index contributed by atoms with van der Waals surface area (Å²) >= 11 is 3.45. The quantitative estimate of drug-likeness (QED) is 0.382. The summed E-state index contributed by atoms with van der Waals surface area (Å²) in [4.78, 5) is 17.7. The van der Waals surface area contributed by atoms with Crippen molar-refractivity contribution in [2.24, 2.45) is 0 Å². The summed E-state index contributed by atoms with van der Waals surface area (Å²) in [5.74, 6) is -0.0481. The first-order chi connectivity index (χ1) is 17.0. The monoisotopic (exact) mass is 571 g/mol. The van der Waals surface area contributed by atoms with E-state index in [2.05, 4.69) is 54.6 Å². The number of hydrogen-bond acceptors (Lipinski definition) is 4. The van der Waals surface area contributed by atoms with E-state index in [1.165, 1.54) is 4.31 Å². The number of benzene rings is 3. The van der Waals surface area contributed by atoms with E-state index >= 15 is 0 Å². The fourth-order valence-electron chi connectivity index (χ4n) is 5.05. The Kier molecular flexibility index (Phi) is 7.78. The van der Waals surface area contributed by atoms with Crippen LogP contribution in [0.4, 0.5) is 5.69 Å². The van der Waals surface area contributed by atoms with Crippen LogP contribution in [0.3, 0.4) is 0 Å². The molecule has 0 N–H and O–H groups in total. The fraction of sp³-hybridized carbons (Fsp3) is 0.393. The average Bonchev–Trinajstić information content (AvgIpc) is 2.83. The second-order valence-electron chi connectivity index (χ2n) is 9.94. The van der Waals surface area contributed by atoms with Crippen LogP contribution in [0.5, 0.6) is 0 Å². The molecule has 0 saturated carbocycles. The molecule has 6 nitrogen and oxygen atoms in total. The molecule has 1 amide bonds. The van der Waals surface area contributed by atoms with E-state index in [-0.39, 0.29) is 23.9 Å². The van der Waals surface area contributed by atoms with Gasteiger partial charge in [-0.05, 0) is 93.4 Å². The van der Waals surface area contributed by atoms with Crippen LogP contribution in [-0.2, 0) is 10.0 Å². The molecule has 0 bridgehead atoms. The van der Waals surface area contributed by atoms with E-state index in [0.717, 1.165) is 26.5 Å². The number of aryl methyl sites for hydroxylation is 1. The van der Waals surface area contributed by atoms with Crippen molar-refractivity contribution in [2.45, 2.75) is 51.6 Å². The van der Waals surface area contributed by atoms with Gasteiger partial charge >= 0.3 is 0 Å². The van der Waals surface area contributed by atoms with E-state index in [4.69, 9.17) is 0 Å². The zero-order chi connectivity index (χ0) is 26.2. The van der Waals surface area contributed by atoms with E-state index < -0.39 is 10.0 Å². The Morgan fingerprint density at radius 2 is 1.47 bits per heavy atom. The summed E-state index contributed by atoms with van der Waals surface area (Å²) in [7, 11) is -3.64. The Bertz CT molecular complexity index is 1370. The van der Waals surface area contributed by atoms with Gasteiger partial charge in [-0.25, -0.2) is 8.42 Å². The molecule has 4 rings (SSSR count). The molecule has 0 unspecified atom stereocenters. The van der Waals surface area contributed by atoms with Gasteiger partial charge in [0.15, 0.2) is 0 Å². The third-order valence-corrected chi connectivity index (χ3v) is 9.18. The molecule has 1 aliphatic rings. The lowest BCUT2D eigenvalue weighted by molar-refractivity contribution is 0.0697. The molecule has 8 heteroatoms. The normalized spacial score (nSPS) is 15.2. The largest absolute Gasteiger partial charge is 0.367 e. The van der Waals surface area contributed by atoms with Crippen molar-refractivity contribution in [1.29, 1.82) is 0 Å². The van der Waals surface area contributed by atoms with Gasteiger partial charge in [0.25, 0.3) is 5.91 Å². The van der Waals surface area contributed by atoms with Crippen LogP contribution in [0, 0.1) is 6.92 Å². The highest BCUT2D eigenvalue weighted by atomic mass is 79.9. The van der Waals surface area contributed by atoms with Crippen molar-refractivity contribution in [2.75, 3.05) is 31.1 Å². The molecule has 1 heterocycles. The molecule has 3 aromatic carbocycles. The maximum atomic E-state index is 13.3. The molecule has 3 aromatic rings. The number of rotatable bonds is 6. The van der Waals surface area contributed by atoms with Crippen LogP contribution in [-0.4, -0.2) is 61.8 Å². The maximum absolute atomic E-state index is 13.3. The van der Waals surface area contributed by atoms with Crippen LogP contribution in [0.25, 0.3) is 10.8 Å². The Hall–Kier alpha value is -2.42. The highest BCUT2D eigenvalue weighted by Crippen LogP contribution is 2.27. The van der Waals surface area contributed by atoms with Crippen molar-refractivity contribution < 1.29 is 13.2 Å². The zero-order valence-corrected chi connectivity index (χ0v) is 23.9. The molecule has 192 valence electrons. The number of anilines is 1. The molecular weight excluding hydrogens is 538 g/mol. The lowest BCUT2D eigenvalue weighted by Gasteiger charge is -2.35. The summed E-state index contributed by atoms with van der Waals surface area (Å²) in [6.45, 7) is 11.9. The first kappa shape index (κ1) is 26.6. The standard InChI is InChI=1S/C28H34BrN3O3S/c1-19(2)32(20(3)4)25-9-11-27(21(5)16-25)28(33)30-12-14-31(15-13-30)36(34,35)26-10-7-22-17-24(29)8-6-23(22)18-26/h6-11,16-20H,12-15H2,1-5H3. The first-order valence-corrected chi connectivity index (χ1v) is 14.6. The number of nitrogens with zero attached hydrogens (tertiary/aromatic N) is 3. The van der Waals surface area contributed by atoms with Gasteiger partial charge in [0.05, 0.1) is 4.90 Å². The third kappa shape index (κ3) is 5.31. The second kappa shape index (κ2) is 10.5. The minimum atomic E-state index is -3.64. The fourth-order valence-corrected chi connectivity index (χ4v) is 6.88. The number of amides is 1. The second-order valence-corrected chi connectivity index (χ2v) is 12.8. The SMILES string of the molecule is Cc1cc(N(C(C)C)C(C)C)ccc1C(=O)N1CCN(S(=O)(=O)c2ccc3cc(Br)ccc3c2)CC1. The van der Waals surface area contributed by atoms with Gasteiger partial charge in [0.2, 0.25) is 10.0 Å². The molecule has 1 aliphatic heterocycles.